The molecule has 2 aromatic heterocycles. The van der Waals surface area contributed by atoms with Crippen molar-refractivity contribution in [2.45, 2.75) is 81.9 Å². The first-order valence-electron chi connectivity index (χ1n) is 11.4. The summed E-state index contributed by atoms with van der Waals surface area (Å²) in [7, 11) is 0. The van der Waals surface area contributed by atoms with Gasteiger partial charge >= 0.3 is 0 Å². The van der Waals surface area contributed by atoms with Crippen molar-refractivity contribution < 1.29 is 18.2 Å². The van der Waals surface area contributed by atoms with Crippen LogP contribution in [0.2, 0.25) is 0 Å². The van der Waals surface area contributed by atoms with Crippen molar-refractivity contribution in [2.24, 2.45) is 5.92 Å². The summed E-state index contributed by atoms with van der Waals surface area (Å²) in [5.41, 5.74) is 3.75. The Morgan fingerprint density at radius 3 is 3.06 bits per heavy atom. The monoisotopic (exact) mass is 529 g/mol. The van der Waals surface area contributed by atoms with Crippen molar-refractivity contribution >= 4 is 46.0 Å². The highest BCUT2D eigenvalue weighted by atomic mass is 32.9. The summed E-state index contributed by atoms with van der Waals surface area (Å²) in [6.45, 7) is 10.2. The molecule has 5 rings (SSSR count). The standard InChI is InChI=1S/C21H29FN5O4PS2/c1-5-12-16(31-32(33)30-13-8-11(10(2)3)6-7-21(13,4)34-32)14(22)19(29-12)27-9-24-15-17(27)25-20(23)26-18(15)28/h9,11-14,16,19H,2,5-8H2,1,3-4H3,(H3,23,25,26,28)/t11-,12-,13+,14-,16-,19-,21+,32-/m1/s1. The molecule has 1 saturated carbocycles. The number of halogens is 1. The molecule has 0 bridgehead atoms. The lowest BCUT2D eigenvalue weighted by Crippen LogP contribution is -2.39. The number of aromatic amines is 1. The van der Waals surface area contributed by atoms with Gasteiger partial charge in [0, 0.05) is 4.75 Å². The highest BCUT2D eigenvalue weighted by Crippen LogP contribution is 2.76. The molecule has 0 unspecified atom stereocenters. The van der Waals surface area contributed by atoms with Crippen LogP contribution in [-0.4, -0.2) is 48.7 Å². The Hall–Kier alpha value is -1.30. The molecule has 3 fully saturated rings. The van der Waals surface area contributed by atoms with Crippen LogP contribution in [-0.2, 0) is 25.6 Å². The van der Waals surface area contributed by atoms with Gasteiger partial charge in [-0.3, -0.25) is 14.3 Å². The maximum absolute atomic E-state index is 15.9. The summed E-state index contributed by atoms with van der Waals surface area (Å²) in [6.07, 6.45) is 0.550. The maximum Gasteiger partial charge on any atom is 0.280 e. The van der Waals surface area contributed by atoms with E-state index in [9.17, 15) is 4.79 Å². The second-order valence-corrected chi connectivity index (χ2v) is 16.1. The molecule has 3 aliphatic rings. The summed E-state index contributed by atoms with van der Waals surface area (Å²) >= 11 is 7.45. The van der Waals surface area contributed by atoms with E-state index in [-0.39, 0.29) is 28.0 Å². The van der Waals surface area contributed by atoms with Crippen LogP contribution in [0.3, 0.4) is 0 Å². The smallest absolute Gasteiger partial charge is 0.280 e. The number of nitrogens with two attached hydrogens (primary N) is 1. The predicted molar refractivity (Wildman–Crippen MR) is 134 cm³/mol. The third kappa shape index (κ3) is 4.06. The Kier molecular flexibility index (Phi) is 6.22. The van der Waals surface area contributed by atoms with E-state index < -0.39 is 35.9 Å². The third-order valence-corrected chi connectivity index (χ3v) is 12.8. The molecular formula is C21H29FN5O4PS2. The third-order valence-electron chi connectivity index (χ3n) is 7.09. The first-order chi connectivity index (χ1) is 16.0. The van der Waals surface area contributed by atoms with Crippen LogP contribution in [0.15, 0.2) is 23.3 Å². The summed E-state index contributed by atoms with van der Waals surface area (Å²) in [5.74, 6) is 0.317. The number of nitrogens with one attached hydrogen (secondary N) is 1. The summed E-state index contributed by atoms with van der Waals surface area (Å²) in [6, 6.07) is 0. The quantitative estimate of drug-likeness (QED) is 0.434. The molecule has 186 valence electrons. The van der Waals surface area contributed by atoms with Gasteiger partial charge < -0.3 is 19.5 Å². The Morgan fingerprint density at radius 1 is 1.59 bits per heavy atom. The summed E-state index contributed by atoms with van der Waals surface area (Å²) < 4.78 is 35.9. The molecule has 0 spiro atoms. The number of rotatable bonds is 5. The summed E-state index contributed by atoms with van der Waals surface area (Å²) in [5, 5.41) is 0. The van der Waals surface area contributed by atoms with Gasteiger partial charge in [-0.1, -0.05) is 30.5 Å². The van der Waals surface area contributed by atoms with Crippen LogP contribution in [0.4, 0.5) is 10.3 Å². The van der Waals surface area contributed by atoms with Crippen molar-refractivity contribution in [3.63, 3.8) is 0 Å². The lowest BCUT2D eigenvalue weighted by Gasteiger charge is -2.37. The number of imidazole rings is 1. The predicted octanol–water partition coefficient (Wildman–Crippen LogP) is 4.22. The number of H-pyrrole nitrogens is 1. The fourth-order valence-corrected chi connectivity index (χ4v) is 12.6. The Bertz CT molecular complexity index is 1240. The van der Waals surface area contributed by atoms with Gasteiger partial charge in [0.1, 0.15) is 6.10 Å². The normalized spacial score (nSPS) is 40.0. The number of hydrogen-bond acceptors (Lipinski definition) is 9. The highest BCUT2D eigenvalue weighted by molar-refractivity contribution is 8.68. The van der Waals surface area contributed by atoms with E-state index in [4.69, 9.17) is 31.3 Å². The minimum absolute atomic E-state index is 0.0495. The molecule has 13 heteroatoms. The number of ether oxygens (including phenoxy) is 1. The lowest BCUT2D eigenvalue weighted by molar-refractivity contribution is -0.0224. The SMILES string of the molecule is C=C(C)[C@@H]1CC[C@]2(C)S[P@@](=S)(O[C@H]3[C@@H](F)[C@H](n4cnc5c(=O)[nH]c(N)nc54)O[C@@H]3CC)O[C@H]2C1. The fourth-order valence-electron chi connectivity index (χ4n) is 5.08. The molecule has 2 aliphatic heterocycles. The number of nitrogen functional groups attached to an aromatic ring is 1. The minimum atomic E-state index is -2.82. The maximum atomic E-state index is 15.9. The van der Waals surface area contributed by atoms with Gasteiger partial charge in [0.2, 0.25) is 11.6 Å². The van der Waals surface area contributed by atoms with E-state index in [0.29, 0.717) is 12.3 Å². The zero-order valence-corrected chi connectivity index (χ0v) is 21.8. The van der Waals surface area contributed by atoms with Crippen LogP contribution in [0.5, 0.6) is 0 Å². The second kappa shape index (κ2) is 8.67. The highest BCUT2D eigenvalue weighted by Gasteiger charge is 2.56. The van der Waals surface area contributed by atoms with E-state index in [1.165, 1.54) is 10.9 Å². The van der Waals surface area contributed by atoms with Crippen LogP contribution < -0.4 is 11.3 Å². The number of hydrogen-bond donors (Lipinski definition) is 2. The molecule has 0 aromatic carbocycles. The topological polar surface area (TPSA) is 117 Å². The van der Waals surface area contributed by atoms with Gasteiger partial charge in [-0.2, -0.15) is 4.98 Å². The molecule has 0 amide bonds. The lowest BCUT2D eigenvalue weighted by atomic mass is 9.77. The average molecular weight is 530 g/mol. The fraction of sp³-hybridized carbons (Fsp3) is 0.667. The van der Waals surface area contributed by atoms with Gasteiger partial charge in [-0.05, 0) is 57.3 Å². The number of anilines is 1. The molecule has 3 N–H and O–H groups in total. The molecule has 2 aromatic rings. The molecule has 1 aliphatic carbocycles. The van der Waals surface area contributed by atoms with Crippen molar-refractivity contribution in [1.82, 2.24) is 19.5 Å². The van der Waals surface area contributed by atoms with E-state index >= 15 is 4.39 Å². The van der Waals surface area contributed by atoms with E-state index in [2.05, 4.69) is 28.5 Å². The minimum Gasteiger partial charge on any atom is -0.369 e. The molecule has 2 saturated heterocycles. The number of alkyl halides is 1. The largest absolute Gasteiger partial charge is 0.369 e. The van der Waals surface area contributed by atoms with Crippen molar-refractivity contribution in [3.05, 3.63) is 28.8 Å². The Morgan fingerprint density at radius 2 is 2.35 bits per heavy atom. The number of fused-ring (bicyclic) bond motifs is 2. The molecule has 0 radical (unpaired) electrons. The first kappa shape index (κ1) is 24.4. The van der Waals surface area contributed by atoms with Crippen molar-refractivity contribution in [1.29, 1.82) is 0 Å². The molecular weight excluding hydrogens is 500 g/mol. The van der Waals surface area contributed by atoms with Crippen molar-refractivity contribution in [2.75, 3.05) is 5.73 Å². The average Bonchev–Trinajstić information content (AvgIpc) is 3.39. The van der Waals surface area contributed by atoms with Gasteiger partial charge in [-0.25, -0.2) is 9.37 Å². The van der Waals surface area contributed by atoms with Crippen LogP contribution >= 0.6 is 17.1 Å². The van der Waals surface area contributed by atoms with Gasteiger partial charge in [0.05, 0.1) is 18.5 Å². The van der Waals surface area contributed by atoms with Gasteiger partial charge in [0.25, 0.3) is 5.56 Å². The van der Waals surface area contributed by atoms with Gasteiger partial charge in [-0.15, -0.1) is 0 Å². The second-order valence-electron chi connectivity index (χ2n) is 9.53. The van der Waals surface area contributed by atoms with Crippen LogP contribution in [0, 0.1) is 5.92 Å². The van der Waals surface area contributed by atoms with E-state index in [1.807, 2.05) is 13.8 Å². The molecule has 8 atom stereocenters. The number of aromatic nitrogens is 4. The van der Waals surface area contributed by atoms with E-state index in [0.717, 1.165) is 24.8 Å². The van der Waals surface area contributed by atoms with E-state index in [1.54, 1.807) is 11.4 Å². The number of nitrogens with zero attached hydrogens (tertiary/aromatic N) is 3. The Balaban J connectivity index is 1.39. The van der Waals surface area contributed by atoms with Gasteiger partial charge in [0.15, 0.2) is 23.6 Å². The van der Waals surface area contributed by atoms with Crippen LogP contribution in [0.1, 0.15) is 52.7 Å². The zero-order chi connectivity index (χ0) is 24.4. The molecule has 9 nitrogen and oxygen atoms in total. The van der Waals surface area contributed by atoms with Crippen molar-refractivity contribution in [3.8, 4) is 0 Å². The number of allylic oxidation sites excluding steroid dienone is 1. The molecule has 4 heterocycles. The Labute approximate surface area is 205 Å². The first-order valence-corrected chi connectivity index (χ1v) is 15.4. The van der Waals surface area contributed by atoms with Crippen LogP contribution in [0.25, 0.3) is 11.2 Å². The molecule has 34 heavy (non-hydrogen) atoms. The summed E-state index contributed by atoms with van der Waals surface area (Å²) in [4.78, 5) is 22.7. The zero-order valence-electron chi connectivity index (χ0n) is 19.3.